The Morgan fingerprint density at radius 1 is 0.880 bits per heavy atom. The van der Waals surface area contributed by atoms with Crippen molar-refractivity contribution in [2.45, 2.75) is 6.92 Å². The molecule has 0 saturated heterocycles. The van der Waals surface area contributed by atoms with Crippen LogP contribution in [0.4, 0.5) is 0 Å². The van der Waals surface area contributed by atoms with Crippen molar-refractivity contribution in [2.75, 3.05) is 20.3 Å². The van der Waals surface area contributed by atoms with Gasteiger partial charge in [0.25, 0.3) is 0 Å². The molecule has 0 aromatic heterocycles. The van der Waals surface area contributed by atoms with Crippen LogP contribution in [0.2, 0.25) is 0 Å². The molecule has 0 spiro atoms. The Morgan fingerprint density at radius 3 is 1.96 bits per heavy atom. The van der Waals surface area contributed by atoms with Crippen LogP contribution in [0.3, 0.4) is 0 Å². The number of rotatable bonds is 8. The van der Waals surface area contributed by atoms with Crippen molar-refractivity contribution < 1.29 is 23.8 Å². The Bertz CT molecular complexity index is 730. The standard InChI is InChI=1S/C20H20O5/c1-3-4-19(21)25-14-13-24-18-11-7-16(8-12-18)20(22)15-5-9-17(23-2)10-6-15/h3-12H,13-14H2,1-2H3. The molecule has 2 rings (SSSR count). The first-order valence-electron chi connectivity index (χ1n) is 7.85. The lowest BCUT2D eigenvalue weighted by Crippen LogP contribution is -2.10. The monoisotopic (exact) mass is 340 g/mol. The van der Waals surface area contributed by atoms with E-state index in [-0.39, 0.29) is 19.0 Å². The number of hydrogen-bond donors (Lipinski definition) is 0. The molecule has 5 nitrogen and oxygen atoms in total. The molecule has 5 heteroatoms. The van der Waals surface area contributed by atoms with Gasteiger partial charge in [-0.05, 0) is 55.5 Å². The van der Waals surface area contributed by atoms with Gasteiger partial charge < -0.3 is 14.2 Å². The number of ketones is 1. The maximum Gasteiger partial charge on any atom is 0.330 e. The topological polar surface area (TPSA) is 61.8 Å². The second-order valence-corrected chi connectivity index (χ2v) is 5.10. The molecule has 2 aromatic rings. The van der Waals surface area contributed by atoms with Crippen LogP contribution in [0.1, 0.15) is 22.8 Å². The van der Waals surface area contributed by atoms with Gasteiger partial charge in [0.1, 0.15) is 24.7 Å². The first-order valence-corrected chi connectivity index (χ1v) is 7.85. The zero-order valence-electron chi connectivity index (χ0n) is 14.2. The van der Waals surface area contributed by atoms with Gasteiger partial charge in [-0.1, -0.05) is 6.08 Å². The molecule has 25 heavy (non-hydrogen) atoms. The molecular formula is C20H20O5. The lowest BCUT2D eigenvalue weighted by molar-refractivity contribution is -0.138. The quantitative estimate of drug-likeness (QED) is 0.319. The van der Waals surface area contributed by atoms with E-state index in [2.05, 4.69) is 0 Å². The first-order chi connectivity index (χ1) is 12.1. The molecule has 0 atom stereocenters. The van der Waals surface area contributed by atoms with Gasteiger partial charge in [-0.2, -0.15) is 0 Å². The highest BCUT2D eigenvalue weighted by molar-refractivity contribution is 6.09. The summed E-state index contributed by atoms with van der Waals surface area (Å²) in [5, 5.41) is 0. The lowest BCUT2D eigenvalue weighted by atomic mass is 10.0. The van der Waals surface area contributed by atoms with Crippen LogP contribution in [0.15, 0.2) is 60.7 Å². The maximum absolute atomic E-state index is 12.4. The Hall–Kier alpha value is -3.08. The summed E-state index contributed by atoms with van der Waals surface area (Å²) in [5.74, 6) is 0.838. The summed E-state index contributed by atoms with van der Waals surface area (Å²) in [4.78, 5) is 23.5. The highest BCUT2D eigenvalue weighted by Crippen LogP contribution is 2.17. The van der Waals surface area contributed by atoms with Crippen molar-refractivity contribution in [3.8, 4) is 11.5 Å². The van der Waals surface area contributed by atoms with Crippen molar-refractivity contribution in [3.63, 3.8) is 0 Å². The van der Waals surface area contributed by atoms with Crippen molar-refractivity contribution in [1.29, 1.82) is 0 Å². The van der Waals surface area contributed by atoms with E-state index in [1.54, 1.807) is 68.6 Å². The van der Waals surface area contributed by atoms with Crippen LogP contribution >= 0.6 is 0 Å². The van der Waals surface area contributed by atoms with E-state index in [0.717, 1.165) is 0 Å². The average Bonchev–Trinajstić information content (AvgIpc) is 2.65. The average molecular weight is 340 g/mol. The van der Waals surface area contributed by atoms with Gasteiger partial charge in [-0.15, -0.1) is 0 Å². The van der Waals surface area contributed by atoms with Crippen molar-refractivity contribution in [3.05, 3.63) is 71.8 Å². The van der Waals surface area contributed by atoms with E-state index in [1.165, 1.54) is 6.08 Å². The summed E-state index contributed by atoms with van der Waals surface area (Å²) in [7, 11) is 1.58. The second kappa shape index (κ2) is 9.27. The van der Waals surface area contributed by atoms with E-state index in [0.29, 0.717) is 22.6 Å². The summed E-state index contributed by atoms with van der Waals surface area (Å²) in [6.07, 6.45) is 2.96. The van der Waals surface area contributed by atoms with Gasteiger partial charge in [0.2, 0.25) is 0 Å². The van der Waals surface area contributed by atoms with Crippen LogP contribution in [0, 0.1) is 0 Å². The summed E-state index contributed by atoms with van der Waals surface area (Å²) < 4.78 is 15.5. The fourth-order valence-corrected chi connectivity index (χ4v) is 2.10. The second-order valence-electron chi connectivity index (χ2n) is 5.10. The largest absolute Gasteiger partial charge is 0.497 e. The van der Waals surface area contributed by atoms with E-state index in [4.69, 9.17) is 14.2 Å². The zero-order chi connectivity index (χ0) is 18.1. The van der Waals surface area contributed by atoms with E-state index in [9.17, 15) is 9.59 Å². The predicted molar refractivity (Wildman–Crippen MR) is 94.1 cm³/mol. The molecule has 0 saturated carbocycles. The minimum Gasteiger partial charge on any atom is -0.497 e. The third kappa shape index (κ3) is 5.49. The van der Waals surface area contributed by atoms with Crippen LogP contribution in [-0.4, -0.2) is 32.1 Å². The number of carbonyl (C=O) groups is 2. The number of ether oxygens (including phenoxy) is 3. The number of carbonyl (C=O) groups excluding carboxylic acids is 2. The minimum atomic E-state index is -0.397. The van der Waals surface area contributed by atoms with Gasteiger partial charge in [0.05, 0.1) is 7.11 Å². The number of hydrogen-bond acceptors (Lipinski definition) is 5. The van der Waals surface area contributed by atoms with Gasteiger partial charge in [-0.25, -0.2) is 4.79 Å². The van der Waals surface area contributed by atoms with Crippen molar-refractivity contribution >= 4 is 11.8 Å². The molecule has 0 aliphatic heterocycles. The number of methoxy groups -OCH3 is 1. The Balaban J connectivity index is 1.88. The molecule has 130 valence electrons. The molecule has 0 N–H and O–H groups in total. The third-order valence-electron chi connectivity index (χ3n) is 3.37. The summed E-state index contributed by atoms with van der Waals surface area (Å²) in [6.45, 7) is 2.15. The molecule has 0 bridgehead atoms. The van der Waals surface area contributed by atoms with E-state index in [1.807, 2.05) is 0 Å². The highest BCUT2D eigenvalue weighted by Gasteiger charge is 2.09. The van der Waals surface area contributed by atoms with E-state index < -0.39 is 5.97 Å². The van der Waals surface area contributed by atoms with Crippen LogP contribution in [0.5, 0.6) is 11.5 Å². The Morgan fingerprint density at radius 2 is 1.44 bits per heavy atom. The van der Waals surface area contributed by atoms with Gasteiger partial charge in [0.15, 0.2) is 5.78 Å². The lowest BCUT2D eigenvalue weighted by Gasteiger charge is -2.07. The number of esters is 1. The van der Waals surface area contributed by atoms with Gasteiger partial charge in [-0.3, -0.25) is 4.79 Å². The molecule has 0 aliphatic rings. The fourth-order valence-electron chi connectivity index (χ4n) is 2.10. The molecule has 0 unspecified atom stereocenters. The van der Waals surface area contributed by atoms with Crippen molar-refractivity contribution in [1.82, 2.24) is 0 Å². The van der Waals surface area contributed by atoms with Gasteiger partial charge >= 0.3 is 5.97 Å². The SMILES string of the molecule is CC=CC(=O)OCCOc1ccc(C(=O)c2ccc(OC)cc2)cc1. The van der Waals surface area contributed by atoms with Crippen molar-refractivity contribution in [2.24, 2.45) is 0 Å². The number of allylic oxidation sites excluding steroid dienone is 1. The zero-order valence-corrected chi connectivity index (χ0v) is 14.2. The molecule has 0 aliphatic carbocycles. The molecular weight excluding hydrogens is 320 g/mol. The molecule has 0 radical (unpaired) electrons. The first kappa shape index (κ1) is 18.3. The van der Waals surface area contributed by atoms with Crippen LogP contribution in [0.25, 0.3) is 0 Å². The van der Waals surface area contributed by atoms with Crippen LogP contribution < -0.4 is 9.47 Å². The maximum atomic E-state index is 12.4. The molecule has 0 heterocycles. The molecule has 0 amide bonds. The fraction of sp³-hybridized carbons (Fsp3) is 0.200. The summed E-state index contributed by atoms with van der Waals surface area (Å²) >= 11 is 0. The third-order valence-corrected chi connectivity index (χ3v) is 3.37. The molecule has 2 aromatic carbocycles. The number of benzene rings is 2. The summed E-state index contributed by atoms with van der Waals surface area (Å²) in [5.41, 5.74) is 1.15. The van der Waals surface area contributed by atoms with Crippen LogP contribution in [-0.2, 0) is 9.53 Å². The van der Waals surface area contributed by atoms with Gasteiger partial charge in [0, 0.05) is 17.2 Å². The summed E-state index contributed by atoms with van der Waals surface area (Å²) in [6, 6.07) is 13.8. The normalized spacial score (nSPS) is 10.5. The minimum absolute atomic E-state index is 0.0746. The molecule has 0 fully saturated rings. The Labute approximate surface area is 146 Å². The van der Waals surface area contributed by atoms with E-state index >= 15 is 0 Å². The predicted octanol–water partition coefficient (Wildman–Crippen LogP) is 3.42. The Kier molecular flexibility index (Phi) is 6.77. The smallest absolute Gasteiger partial charge is 0.330 e. The highest BCUT2D eigenvalue weighted by atomic mass is 16.6.